The largest absolute Gasteiger partial charge is 0.298 e. The molecule has 0 atom stereocenters. The normalized spacial score (nSPS) is 13.8. The molecule has 5 heteroatoms. The number of Topliss-reactive ketones (excluding diaryl/α,β-unsaturated/α-hetero) is 2. The first kappa shape index (κ1) is 11.6. The zero-order chi connectivity index (χ0) is 12.4. The summed E-state index contributed by atoms with van der Waals surface area (Å²) >= 11 is 0. The van der Waals surface area contributed by atoms with E-state index in [1.54, 1.807) is 10.0 Å². The van der Waals surface area contributed by atoms with E-state index in [1.807, 2.05) is 24.3 Å². The molecule has 5 nitrogen and oxygen atoms in total. The van der Waals surface area contributed by atoms with Crippen molar-refractivity contribution in [3.8, 4) is 0 Å². The Kier molecular flexibility index (Phi) is 3.10. The summed E-state index contributed by atoms with van der Waals surface area (Å²) in [4.78, 5) is 22.3. The molecule has 0 spiro atoms. The van der Waals surface area contributed by atoms with Crippen LogP contribution in [0.2, 0.25) is 0 Å². The van der Waals surface area contributed by atoms with Gasteiger partial charge in [0.2, 0.25) is 0 Å². The number of fused-ring (bicyclic) bond motifs is 1. The van der Waals surface area contributed by atoms with E-state index >= 15 is 0 Å². The smallest absolute Gasteiger partial charge is 0.150 e. The van der Waals surface area contributed by atoms with Gasteiger partial charge in [-0.25, -0.2) is 0 Å². The van der Waals surface area contributed by atoms with E-state index in [9.17, 15) is 9.59 Å². The van der Waals surface area contributed by atoms with Crippen molar-refractivity contribution >= 4 is 22.9 Å². The van der Waals surface area contributed by atoms with E-state index in [2.05, 4.69) is 5.53 Å². The third-order valence-corrected chi connectivity index (χ3v) is 2.47. The Morgan fingerprint density at radius 2 is 1.41 bits per heavy atom. The van der Waals surface area contributed by atoms with Crippen LogP contribution in [0.3, 0.4) is 0 Å². The van der Waals surface area contributed by atoms with Crippen LogP contribution in [0.15, 0.2) is 24.3 Å². The quantitative estimate of drug-likeness (QED) is 0.837. The molecule has 0 unspecified atom stereocenters. The van der Waals surface area contributed by atoms with Gasteiger partial charge in [0, 0.05) is 0 Å². The van der Waals surface area contributed by atoms with Gasteiger partial charge in [-0.05, 0) is 26.0 Å². The van der Waals surface area contributed by atoms with Crippen LogP contribution in [0.5, 0.6) is 0 Å². The first-order chi connectivity index (χ1) is 8.08. The van der Waals surface area contributed by atoms with Crippen LogP contribution in [0.1, 0.15) is 13.8 Å². The molecule has 2 rings (SSSR count). The van der Waals surface area contributed by atoms with Crippen molar-refractivity contribution in [1.82, 2.24) is 5.53 Å². The Bertz CT molecular complexity index is 418. The van der Waals surface area contributed by atoms with Gasteiger partial charge in [-0.15, -0.1) is 5.53 Å². The highest BCUT2D eigenvalue weighted by Crippen LogP contribution is 2.32. The van der Waals surface area contributed by atoms with Gasteiger partial charge in [-0.3, -0.25) is 19.6 Å². The van der Waals surface area contributed by atoms with Gasteiger partial charge in [0.25, 0.3) is 0 Å². The molecule has 0 radical (unpaired) electrons. The van der Waals surface area contributed by atoms with Crippen molar-refractivity contribution in [3.63, 3.8) is 0 Å². The van der Waals surface area contributed by atoms with Crippen LogP contribution >= 0.6 is 0 Å². The number of carbonyl (C=O) groups is 2. The number of hydrogen-bond donors (Lipinski definition) is 1. The number of benzene rings is 1. The van der Waals surface area contributed by atoms with Crippen LogP contribution < -0.4 is 15.6 Å². The van der Waals surface area contributed by atoms with Crippen LogP contribution in [0, 0.1) is 0 Å². The maximum absolute atomic E-state index is 11.2. The van der Waals surface area contributed by atoms with Crippen molar-refractivity contribution in [2.24, 2.45) is 0 Å². The molecular weight excluding hydrogens is 218 g/mol. The lowest BCUT2D eigenvalue weighted by atomic mass is 10.2. The first-order valence-corrected chi connectivity index (χ1v) is 5.47. The van der Waals surface area contributed by atoms with Gasteiger partial charge in [0.15, 0.2) is 11.6 Å². The van der Waals surface area contributed by atoms with E-state index < -0.39 is 0 Å². The van der Waals surface area contributed by atoms with E-state index in [0.717, 1.165) is 11.4 Å². The molecular formula is C12H15N3O2. The summed E-state index contributed by atoms with van der Waals surface area (Å²) < 4.78 is 0. The predicted molar refractivity (Wildman–Crippen MR) is 65.6 cm³/mol. The summed E-state index contributed by atoms with van der Waals surface area (Å²) in [6.07, 6.45) is 0. The van der Waals surface area contributed by atoms with Crippen molar-refractivity contribution < 1.29 is 9.59 Å². The summed E-state index contributed by atoms with van der Waals surface area (Å²) in [5, 5.41) is 3.50. The second kappa shape index (κ2) is 4.55. The van der Waals surface area contributed by atoms with Crippen molar-refractivity contribution in [1.29, 1.82) is 0 Å². The van der Waals surface area contributed by atoms with Gasteiger partial charge in [-0.2, -0.15) is 0 Å². The second-order valence-corrected chi connectivity index (χ2v) is 4.17. The Balaban J connectivity index is 2.26. The van der Waals surface area contributed by atoms with E-state index in [4.69, 9.17) is 0 Å². The average molecular weight is 233 g/mol. The molecule has 0 aromatic heterocycles. The summed E-state index contributed by atoms with van der Waals surface area (Å²) in [5.41, 5.74) is 4.88. The summed E-state index contributed by atoms with van der Waals surface area (Å²) in [5.74, 6) is 0.133. The summed E-state index contributed by atoms with van der Waals surface area (Å²) in [6.45, 7) is 3.65. The van der Waals surface area contributed by atoms with Gasteiger partial charge < -0.3 is 0 Å². The minimum absolute atomic E-state index is 0.0666. The average Bonchev–Trinajstić information content (AvgIpc) is 2.56. The van der Waals surface area contributed by atoms with Gasteiger partial charge in [0.1, 0.15) is 0 Å². The highest BCUT2D eigenvalue weighted by atomic mass is 16.1. The summed E-state index contributed by atoms with van der Waals surface area (Å²) in [7, 11) is 0. The highest BCUT2D eigenvalue weighted by molar-refractivity contribution is 5.87. The topological polar surface area (TPSA) is 52.7 Å². The van der Waals surface area contributed by atoms with Crippen molar-refractivity contribution in [3.05, 3.63) is 24.3 Å². The second-order valence-electron chi connectivity index (χ2n) is 4.17. The minimum Gasteiger partial charge on any atom is -0.298 e. The van der Waals surface area contributed by atoms with Crippen molar-refractivity contribution in [2.75, 3.05) is 23.1 Å². The standard InChI is InChI=1S/C12H15N3O2/c1-9(16)7-14-11-5-3-4-6-12(11)15(13-14)8-10(2)17/h3-6,13H,7-8H2,1-2H3. The Morgan fingerprint density at radius 1 is 1.00 bits per heavy atom. The van der Waals surface area contributed by atoms with E-state index in [-0.39, 0.29) is 24.7 Å². The zero-order valence-electron chi connectivity index (χ0n) is 9.93. The molecule has 1 aliphatic heterocycles. The minimum atomic E-state index is 0.0666. The molecule has 0 amide bonds. The number of ketones is 2. The molecule has 0 saturated heterocycles. The Hall–Kier alpha value is -1.88. The molecule has 1 aliphatic rings. The number of hydrazine groups is 2. The number of para-hydroxylation sites is 2. The number of nitrogens with zero attached hydrogens (tertiary/aromatic N) is 2. The molecule has 17 heavy (non-hydrogen) atoms. The fourth-order valence-corrected chi connectivity index (χ4v) is 1.86. The Labute approximate surface area is 99.9 Å². The van der Waals surface area contributed by atoms with Gasteiger partial charge in [-0.1, -0.05) is 12.1 Å². The highest BCUT2D eigenvalue weighted by Gasteiger charge is 2.26. The third kappa shape index (κ3) is 2.45. The molecule has 90 valence electrons. The van der Waals surface area contributed by atoms with Crippen LogP contribution in [0.25, 0.3) is 0 Å². The zero-order valence-corrected chi connectivity index (χ0v) is 9.93. The predicted octanol–water partition coefficient (Wildman–Crippen LogP) is 0.911. The number of anilines is 2. The number of carbonyl (C=O) groups excluding carboxylic acids is 2. The third-order valence-electron chi connectivity index (χ3n) is 2.47. The van der Waals surface area contributed by atoms with Gasteiger partial charge >= 0.3 is 0 Å². The summed E-state index contributed by atoms with van der Waals surface area (Å²) in [6, 6.07) is 7.66. The Morgan fingerprint density at radius 3 is 1.76 bits per heavy atom. The molecule has 0 aliphatic carbocycles. The van der Waals surface area contributed by atoms with Crippen LogP contribution in [-0.4, -0.2) is 24.7 Å². The fourth-order valence-electron chi connectivity index (χ4n) is 1.86. The molecule has 0 bridgehead atoms. The monoisotopic (exact) mass is 233 g/mol. The maximum Gasteiger partial charge on any atom is 0.150 e. The lowest BCUT2D eigenvalue weighted by molar-refractivity contribution is -0.116. The molecule has 1 heterocycles. The SMILES string of the molecule is CC(=O)CN1NN(CC(C)=O)c2ccccc21. The molecule has 0 saturated carbocycles. The number of hydrogen-bond acceptors (Lipinski definition) is 5. The fraction of sp³-hybridized carbons (Fsp3) is 0.333. The lowest BCUT2D eigenvalue weighted by Crippen LogP contribution is -2.47. The van der Waals surface area contributed by atoms with Gasteiger partial charge in [0.05, 0.1) is 24.5 Å². The van der Waals surface area contributed by atoms with Crippen LogP contribution in [0.4, 0.5) is 11.4 Å². The molecule has 1 aromatic carbocycles. The molecule has 0 fully saturated rings. The molecule has 1 aromatic rings. The number of nitrogens with one attached hydrogen (secondary N) is 1. The molecule has 1 N–H and O–H groups in total. The lowest BCUT2D eigenvalue weighted by Gasteiger charge is -2.20. The van der Waals surface area contributed by atoms with E-state index in [1.165, 1.54) is 13.8 Å². The first-order valence-electron chi connectivity index (χ1n) is 5.47. The van der Waals surface area contributed by atoms with E-state index in [0.29, 0.717) is 0 Å². The van der Waals surface area contributed by atoms with Crippen molar-refractivity contribution in [2.45, 2.75) is 13.8 Å². The maximum atomic E-state index is 11.2. The van der Waals surface area contributed by atoms with Crippen LogP contribution in [-0.2, 0) is 9.59 Å². The number of rotatable bonds is 4.